The molecule has 4 heteroatoms. The van der Waals surface area contributed by atoms with E-state index in [4.69, 9.17) is 5.10 Å². The molecule has 1 aliphatic carbocycles. The van der Waals surface area contributed by atoms with Gasteiger partial charge >= 0.3 is 0 Å². The van der Waals surface area contributed by atoms with E-state index in [-0.39, 0.29) is 0 Å². The van der Waals surface area contributed by atoms with Gasteiger partial charge in [0.15, 0.2) is 0 Å². The lowest BCUT2D eigenvalue weighted by molar-refractivity contribution is 0.182. The smallest absolute Gasteiger partial charge is 0.0764 e. The van der Waals surface area contributed by atoms with Gasteiger partial charge in [-0.05, 0) is 44.8 Å². The van der Waals surface area contributed by atoms with Crippen molar-refractivity contribution in [3.05, 3.63) is 18.0 Å². The monoisotopic (exact) mass is 276 g/mol. The lowest BCUT2D eigenvalue weighted by Gasteiger charge is -2.32. The quantitative estimate of drug-likeness (QED) is 0.897. The molecule has 2 fully saturated rings. The Balaban J connectivity index is 1.54. The number of hydrogen-bond acceptors (Lipinski definition) is 3. The molecule has 2 heterocycles. The van der Waals surface area contributed by atoms with Crippen LogP contribution in [-0.2, 0) is 6.54 Å². The van der Waals surface area contributed by atoms with Crippen LogP contribution in [0.25, 0.3) is 0 Å². The SMILES string of the molecule is CCNC1CCCN(Cc2ccn(C3CCCC3)n2)C1. The highest BCUT2D eigenvalue weighted by Gasteiger charge is 2.21. The summed E-state index contributed by atoms with van der Waals surface area (Å²) in [6, 6.07) is 3.56. The average molecular weight is 276 g/mol. The summed E-state index contributed by atoms with van der Waals surface area (Å²) in [5.41, 5.74) is 1.24. The molecule has 2 aliphatic rings. The number of likely N-dealkylation sites (tertiary alicyclic amines) is 1. The van der Waals surface area contributed by atoms with E-state index < -0.39 is 0 Å². The Labute approximate surface area is 122 Å². The Kier molecular flexibility index (Phi) is 4.73. The second-order valence-corrected chi connectivity index (χ2v) is 6.36. The highest BCUT2D eigenvalue weighted by atomic mass is 15.3. The van der Waals surface area contributed by atoms with Gasteiger partial charge in [0.2, 0.25) is 0 Å². The molecular formula is C16H28N4. The molecule has 20 heavy (non-hydrogen) atoms. The van der Waals surface area contributed by atoms with Crippen molar-refractivity contribution >= 4 is 0 Å². The van der Waals surface area contributed by atoms with Crippen LogP contribution in [0.4, 0.5) is 0 Å². The Hall–Kier alpha value is -0.870. The second kappa shape index (κ2) is 6.72. The summed E-state index contributed by atoms with van der Waals surface area (Å²) < 4.78 is 2.22. The van der Waals surface area contributed by atoms with E-state index >= 15 is 0 Å². The maximum absolute atomic E-state index is 4.81. The van der Waals surface area contributed by atoms with E-state index in [1.54, 1.807) is 0 Å². The number of hydrogen-bond donors (Lipinski definition) is 1. The number of piperidine rings is 1. The molecule has 4 nitrogen and oxygen atoms in total. The number of likely N-dealkylation sites (N-methyl/N-ethyl adjacent to an activating group) is 1. The molecule has 1 atom stereocenters. The van der Waals surface area contributed by atoms with E-state index in [9.17, 15) is 0 Å². The van der Waals surface area contributed by atoms with Crippen LogP contribution in [0.3, 0.4) is 0 Å². The second-order valence-electron chi connectivity index (χ2n) is 6.36. The zero-order valence-corrected chi connectivity index (χ0v) is 12.7. The topological polar surface area (TPSA) is 33.1 Å². The van der Waals surface area contributed by atoms with Crippen molar-refractivity contribution in [1.82, 2.24) is 20.0 Å². The van der Waals surface area contributed by atoms with Gasteiger partial charge < -0.3 is 5.32 Å². The summed E-state index contributed by atoms with van der Waals surface area (Å²) in [4.78, 5) is 2.55. The fourth-order valence-corrected chi connectivity index (χ4v) is 3.72. The van der Waals surface area contributed by atoms with Crippen LogP contribution in [0.1, 0.15) is 57.2 Å². The molecule has 1 saturated heterocycles. The summed E-state index contributed by atoms with van der Waals surface area (Å²) in [6.45, 7) is 6.68. The molecule has 112 valence electrons. The zero-order chi connectivity index (χ0) is 13.8. The molecule has 1 aromatic heterocycles. The highest BCUT2D eigenvalue weighted by Crippen LogP contribution is 2.28. The third kappa shape index (κ3) is 3.41. The number of nitrogens with one attached hydrogen (secondary N) is 1. The van der Waals surface area contributed by atoms with Gasteiger partial charge in [-0.25, -0.2) is 0 Å². The fraction of sp³-hybridized carbons (Fsp3) is 0.812. The van der Waals surface area contributed by atoms with Crippen LogP contribution in [0.15, 0.2) is 12.3 Å². The first kappa shape index (κ1) is 14.1. The van der Waals surface area contributed by atoms with Crippen molar-refractivity contribution in [1.29, 1.82) is 0 Å². The summed E-state index contributed by atoms with van der Waals surface area (Å²) in [6.07, 6.45) is 10.2. The number of aromatic nitrogens is 2. The number of rotatable bonds is 5. The van der Waals surface area contributed by atoms with Gasteiger partial charge in [-0.3, -0.25) is 9.58 Å². The summed E-state index contributed by atoms with van der Waals surface area (Å²) in [7, 11) is 0. The molecule has 0 spiro atoms. The Morgan fingerprint density at radius 1 is 1.25 bits per heavy atom. The zero-order valence-electron chi connectivity index (χ0n) is 12.7. The highest BCUT2D eigenvalue weighted by molar-refractivity contribution is 5.01. The van der Waals surface area contributed by atoms with Crippen LogP contribution >= 0.6 is 0 Å². The molecule has 0 bridgehead atoms. The largest absolute Gasteiger partial charge is 0.313 e. The van der Waals surface area contributed by atoms with Crippen LogP contribution < -0.4 is 5.32 Å². The maximum Gasteiger partial charge on any atom is 0.0764 e. The molecule has 1 aliphatic heterocycles. The van der Waals surface area contributed by atoms with Crippen LogP contribution in [0.2, 0.25) is 0 Å². The standard InChI is InChI=1S/C16H28N4/c1-2-17-14-6-5-10-19(12-14)13-15-9-11-20(18-15)16-7-3-4-8-16/h9,11,14,16-17H,2-8,10,12-13H2,1H3. The van der Waals surface area contributed by atoms with E-state index in [0.717, 1.165) is 13.1 Å². The average Bonchev–Trinajstić information content (AvgIpc) is 3.10. The molecule has 0 radical (unpaired) electrons. The molecule has 0 aromatic carbocycles. The van der Waals surface area contributed by atoms with Crippen LogP contribution in [0, 0.1) is 0 Å². The summed E-state index contributed by atoms with van der Waals surface area (Å²) in [5.74, 6) is 0. The van der Waals surface area contributed by atoms with Gasteiger partial charge in [0.1, 0.15) is 0 Å². The normalized spacial score (nSPS) is 25.4. The molecule has 1 saturated carbocycles. The third-order valence-corrected chi connectivity index (χ3v) is 4.75. The fourth-order valence-electron chi connectivity index (χ4n) is 3.72. The first-order valence-electron chi connectivity index (χ1n) is 8.35. The Morgan fingerprint density at radius 3 is 2.90 bits per heavy atom. The van der Waals surface area contributed by atoms with E-state index in [1.807, 2.05) is 0 Å². The lowest BCUT2D eigenvalue weighted by atomic mass is 10.1. The molecule has 1 aromatic rings. The number of nitrogens with zero attached hydrogens (tertiary/aromatic N) is 3. The first-order valence-corrected chi connectivity index (χ1v) is 8.35. The van der Waals surface area contributed by atoms with Gasteiger partial charge in [-0.2, -0.15) is 5.10 Å². The molecule has 1 unspecified atom stereocenters. The van der Waals surface area contributed by atoms with Crippen LogP contribution in [0.5, 0.6) is 0 Å². The van der Waals surface area contributed by atoms with Gasteiger partial charge in [-0.1, -0.05) is 19.8 Å². The van der Waals surface area contributed by atoms with Crippen molar-refractivity contribution in [3.63, 3.8) is 0 Å². The minimum Gasteiger partial charge on any atom is -0.313 e. The van der Waals surface area contributed by atoms with Gasteiger partial charge in [0, 0.05) is 25.3 Å². The summed E-state index contributed by atoms with van der Waals surface area (Å²) >= 11 is 0. The molecular weight excluding hydrogens is 248 g/mol. The van der Waals surface area contributed by atoms with Crippen molar-refractivity contribution < 1.29 is 0 Å². The Bertz CT molecular complexity index is 406. The molecule has 1 N–H and O–H groups in total. The van der Waals surface area contributed by atoms with Gasteiger partial charge in [-0.15, -0.1) is 0 Å². The molecule has 3 rings (SSSR count). The van der Waals surface area contributed by atoms with E-state index in [2.05, 4.69) is 34.1 Å². The van der Waals surface area contributed by atoms with Crippen molar-refractivity contribution in [3.8, 4) is 0 Å². The predicted octanol–water partition coefficient (Wildman–Crippen LogP) is 2.57. The van der Waals surface area contributed by atoms with Crippen molar-refractivity contribution in [2.45, 2.75) is 64.1 Å². The summed E-state index contributed by atoms with van der Waals surface area (Å²) in [5, 5.41) is 8.39. The minimum absolute atomic E-state index is 0.666. The van der Waals surface area contributed by atoms with E-state index in [1.165, 1.54) is 57.3 Å². The minimum atomic E-state index is 0.666. The molecule has 0 amide bonds. The first-order chi connectivity index (χ1) is 9.85. The van der Waals surface area contributed by atoms with E-state index in [0.29, 0.717) is 12.1 Å². The lowest BCUT2D eigenvalue weighted by Crippen LogP contribution is -2.45. The van der Waals surface area contributed by atoms with Gasteiger partial charge in [0.25, 0.3) is 0 Å². The maximum atomic E-state index is 4.81. The third-order valence-electron chi connectivity index (χ3n) is 4.75. The van der Waals surface area contributed by atoms with Gasteiger partial charge in [0.05, 0.1) is 11.7 Å². The Morgan fingerprint density at radius 2 is 2.10 bits per heavy atom. The van der Waals surface area contributed by atoms with Crippen molar-refractivity contribution in [2.75, 3.05) is 19.6 Å². The van der Waals surface area contributed by atoms with Crippen molar-refractivity contribution in [2.24, 2.45) is 0 Å². The van der Waals surface area contributed by atoms with Crippen LogP contribution in [-0.4, -0.2) is 40.4 Å². The predicted molar refractivity (Wildman–Crippen MR) is 81.7 cm³/mol.